The van der Waals surface area contributed by atoms with Gasteiger partial charge in [0.25, 0.3) is 0 Å². The summed E-state index contributed by atoms with van der Waals surface area (Å²) in [5.41, 5.74) is 0.535. The normalized spacial score (nSPS) is 12.7. The lowest BCUT2D eigenvalue weighted by atomic mass is 10.2. The molecule has 1 N–H and O–H groups in total. The minimum absolute atomic E-state index is 0.477. The van der Waals surface area contributed by atoms with E-state index in [1.165, 1.54) is 6.26 Å². The van der Waals surface area contributed by atoms with E-state index in [4.69, 9.17) is 4.42 Å². The summed E-state index contributed by atoms with van der Waals surface area (Å²) in [7, 11) is 0. The van der Waals surface area contributed by atoms with Gasteiger partial charge in [-0.25, -0.2) is 0 Å². The first-order valence-electron chi connectivity index (χ1n) is 4.21. The van der Waals surface area contributed by atoms with Crippen molar-refractivity contribution < 1.29 is 9.52 Å². The first-order valence-corrected chi connectivity index (χ1v) is 5.79. The van der Waals surface area contributed by atoms with E-state index in [1.807, 2.05) is 6.07 Å². The second-order valence-corrected chi connectivity index (χ2v) is 4.71. The van der Waals surface area contributed by atoms with Gasteiger partial charge in [-0.05, 0) is 50.1 Å². The van der Waals surface area contributed by atoms with Crippen LogP contribution in [0.25, 0.3) is 0 Å². The van der Waals surface area contributed by atoms with Gasteiger partial charge in [-0.15, -0.1) is 0 Å². The Bertz CT molecular complexity index is 456. The fourth-order valence-electron chi connectivity index (χ4n) is 1.21. The smallest absolute Gasteiger partial charge is 0.154 e. The third kappa shape index (κ3) is 2.30. The summed E-state index contributed by atoms with van der Waals surface area (Å²) in [6, 6.07) is 5.26. The van der Waals surface area contributed by atoms with E-state index in [1.54, 1.807) is 18.3 Å². The Labute approximate surface area is 103 Å². The third-order valence-corrected chi connectivity index (χ3v) is 2.98. The molecule has 0 aliphatic heterocycles. The fourth-order valence-corrected chi connectivity index (χ4v) is 2.41. The van der Waals surface area contributed by atoms with E-state index in [9.17, 15) is 5.11 Å². The van der Waals surface area contributed by atoms with E-state index < -0.39 is 6.10 Å². The molecule has 0 saturated carbocycles. The minimum atomic E-state index is -0.845. The van der Waals surface area contributed by atoms with Crippen molar-refractivity contribution >= 4 is 31.9 Å². The zero-order chi connectivity index (χ0) is 10.8. The van der Waals surface area contributed by atoms with Crippen LogP contribution in [0, 0.1) is 0 Å². The molecule has 15 heavy (non-hydrogen) atoms. The van der Waals surface area contributed by atoms with E-state index in [2.05, 4.69) is 36.8 Å². The summed E-state index contributed by atoms with van der Waals surface area (Å²) in [6.45, 7) is 0. The highest BCUT2D eigenvalue weighted by Gasteiger charge is 2.17. The zero-order valence-electron chi connectivity index (χ0n) is 7.52. The van der Waals surface area contributed by atoms with Gasteiger partial charge in [-0.1, -0.05) is 0 Å². The van der Waals surface area contributed by atoms with E-state index in [0.717, 1.165) is 8.95 Å². The molecule has 2 aromatic rings. The van der Waals surface area contributed by atoms with Gasteiger partial charge in [0.15, 0.2) is 6.10 Å². The van der Waals surface area contributed by atoms with Crippen LogP contribution in [0.2, 0.25) is 0 Å². The van der Waals surface area contributed by atoms with Gasteiger partial charge in [0.05, 0.1) is 12.0 Å². The number of nitrogens with zero attached hydrogens (tertiary/aromatic N) is 1. The molecule has 0 spiro atoms. The summed E-state index contributed by atoms with van der Waals surface area (Å²) in [5, 5.41) is 9.95. The van der Waals surface area contributed by atoms with E-state index in [-0.39, 0.29) is 0 Å². The molecule has 0 radical (unpaired) electrons. The average molecular weight is 333 g/mol. The molecular formula is C10H7Br2NO2. The van der Waals surface area contributed by atoms with Gasteiger partial charge in [-0.2, -0.15) is 0 Å². The number of hydrogen-bond donors (Lipinski definition) is 1. The van der Waals surface area contributed by atoms with Crippen molar-refractivity contribution in [3.05, 3.63) is 51.1 Å². The number of furan rings is 1. The summed E-state index contributed by atoms with van der Waals surface area (Å²) in [5.74, 6) is 0.477. The number of hydrogen-bond acceptors (Lipinski definition) is 3. The van der Waals surface area contributed by atoms with Crippen molar-refractivity contribution in [1.82, 2.24) is 4.98 Å². The summed E-state index contributed by atoms with van der Waals surface area (Å²) >= 11 is 6.64. The predicted octanol–water partition coefficient (Wildman–Crippen LogP) is 3.28. The molecule has 2 heterocycles. The second-order valence-electron chi connectivity index (χ2n) is 2.94. The first-order chi connectivity index (χ1) is 7.18. The second kappa shape index (κ2) is 4.47. The molecule has 0 amide bonds. The number of rotatable bonds is 2. The Kier molecular flexibility index (Phi) is 3.23. The number of aliphatic hydroxyl groups is 1. The summed E-state index contributed by atoms with van der Waals surface area (Å²) in [6.07, 6.45) is 2.31. The largest absolute Gasteiger partial charge is 0.466 e. The molecule has 1 unspecified atom stereocenters. The molecule has 0 fully saturated rings. The van der Waals surface area contributed by atoms with Gasteiger partial charge in [0.2, 0.25) is 0 Å². The lowest BCUT2D eigenvalue weighted by molar-refractivity contribution is 0.184. The molecule has 0 aliphatic carbocycles. The predicted molar refractivity (Wildman–Crippen MR) is 62.4 cm³/mol. The molecular weight excluding hydrogens is 326 g/mol. The minimum Gasteiger partial charge on any atom is -0.466 e. The van der Waals surface area contributed by atoms with Gasteiger partial charge in [0, 0.05) is 15.1 Å². The van der Waals surface area contributed by atoms with Crippen LogP contribution in [0.15, 0.2) is 44.0 Å². The number of pyridine rings is 1. The van der Waals surface area contributed by atoms with E-state index >= 15 is 0 Å². The van der Waals surface area contributed by atoms with Crippen LogP contribution in [-0.4, -0.2) is 10.1 Å². The van der Waals surface area contributed by atoms with Crippen molar-refractivity contribution in [3.63, 3.8) is 0 Å². The Morgan fingerprint density at radius 1 is 1.40 bits per heavy atom. The van der Waals surface area contributed by atoms with Crippen LogP contribution in [0.1, 0.15) is 17.6 Å². The molecule has 2 aromatic heterocycles. The molecule has 1 atom stereocenters. The van der Waals surface area contributed by atoms with Crippen LogP contribution in [0.4, 0.5) is 0 Å². The Hall–Kier alpha value is -0.650. The maximum Gasteiger partial charge on any atom is 0.154 e. The first kappa shape index (κ1) is 10.9. The highest BCUT2D eigenvalue weighted by Crippen LogP contribution is 2.28. The maximum absolute atomic E-state index is 9.95. The van der Waals surface area contributed by atoms with Gasteiger partial charge >= 0.3 is 0 Å². The molecule has 0 aromatic carbocycles. The van der Waals surface area contributed by atoms with Crippen LogP contribution in [0.5, 0.6) is 0 Å². The third-order valence-electron chi connectivity index (χ3n) is 1.91. The summed E-state index contributed by atoms with van der Waals surface area (Å²) in [4.78, 5) is 4.13. The SMILES string of the molecule is OC(c1ccco1)c1ncc(Br)cc1Br. The Balaban J connectivity index is 2.38. The van der Waals surface area contributed by atoms with Crippen LogP contribution < -0.4 is 0 Å². The van der Waals surface area contributed by atoms with Crippen molar-refractivity contribution in [3.8, 4) is 0 Å². The molecule has 3 nitrogen and oxygen atoms in total. The number of aliphatic hydroxyl groups excluding tert-OH is 1. The van der Waals surface area contributed by atoms with Crippen molar-refractivity contribution in [2.75, 3.05) is 0 Å². The van der Waals surface area contributed by atoms with Crippen molar-refractivity contribution in [2.45, 2.75) is 6.10 Å². The molecule has 78 valence electrons. The van der Waals surface area contributed by atoms with Gasteiger partial charge in [0.1, 0.15) is 5.76 Å². The van der Waals surface area contributed by atoms with Crippen molar-refractivity contribution in [1.29, 1.82) is 0 Å². The standard InChI is InChI=1S/C10H7Br2NO2/c11-6-4-7(12)9(13-5-6)10(14)8-2-1-3-15-8/h1-5,10,14H. The molecule has 5 heteroatoms. The zero-order valence-corrected chi connectivity index (χ0v) is 10.7. The molecule has 0 bridgehead atoms. The topological polar surface area (TPSA) is 46.3 Å². The lowest BCUT2D eigenvalue weighted by Crippen LogP contribution is -2.02. The lowest BCUT2D eigenvalue weighted by Gasteiger charge is -2.09. The fraction of sp³-hybridized carbons (Fsp3) is 0.100. The summed E-state index contributed by atoms with van der Waals surface area (Å²) < 4.78 is 6.70. The highest BCUT2D eigenvalue weighted by molar-refractivity contribution is 9.11. The van der Waals surface area contributed by atoms with Crippen LogP contribution in [-0.2, 0) is 0 Å². The van der Waals surface area contributed by atoms with Crippen LogP contribution in [0.3, 0.4) is 0 Å². The Morgan fingerprint density at radius 3 is 2.80 bits per heavy atom. The Morgan fingerprint density at radius 2 is 2.20 bits per heavy atom. The monoisotopic (exact) mass is 331 g/mol. The highest BCUT2D eigenvalue weighted by atomic mass is 79.9. The van der Waals surface area contributed by atoms with Crippen LogP contribution >= 0.6 is 31.9 Å². The molecule has 0 aliphatic rings. The molecule has 0 saturated heterocycles. The number of aromatic nitrogens is 1. The van der Waals surface area contributed by atoms with Gasteiger partial charge < -0.3 is 9.52 Å². The van der Waals surface area contributed by atoms with Crippen molar-refractivity contribution in [2.24, 2.45) is 0 Å². The number of halogens is 2. The maximum atomic E-state index is 9.95. The van der Waals surface area contributed by atoms with E-state index in [0.29, 0.717) is 11.5 Å². The molecule has 2 rings (SSSR count). The average Bonchev–Trinajstić information content (AvgIpc) is 2.69. The quantitative estimate of drug-likeness (QED) is 0.918. The van der Waals surface area contributed by atoms with Gasteiger partial charge in [-0.3, -0.25) is 4.98 Å².